The maximum Gasteiger partial charge on any atom is 0.0806 e. The van der Waals surface area contributed by atoms with Crippen molar-refractivity contribution in [3.05, 3.63) is 114 Å². The Morgan fingerprint density at radius 1 is 0.630 bits per heavy atom. The van der Waals surface area contributed by atoms with Gasteiger partial charge in [0.15, 0.2) is 0 Å². The smallest absolute Gasteiger partial charge is 0.0806 e. The predicted octanol–water partition coefficient (Wildman–Crippen LogP) is 6.63. The fourth-order valence-electron chi connectivity index (χ4n) is 3.49. The summed E-state index contributed by atoms with van der Waals surface area (Å²) in [6.07, 6.45) is 2.34. The first-order valence-corrected chi connectivity index (χ1v) is 10.3. The van der Waals surface area contributed by atoms with Crippen LogP contribution in [0.15, 0.2) is 97.2 Å². The molecule has 4 rings (SSSR count). The fraction of sp³-hybridized carbons (Fsp3) is 0.167. The van der Waals surface area contributed by atoms with Crippen LogP contribution in [0.25, 0.3) is 5.70 Å². The Labute approximate surface area is 164 Å². The topological polar surface area (TPSA) is 6.48 Å². The zero-order chi connectivity index (χ0) is 18.6. The molecule has 0 N–H and O–H groups in total. The predicted molar refractivity (Wildman–Crippen MR) is 116 cm³/mol. The molecule has 0 spiro atoms. The molecular formula is C24H25N2P. The zero-order valence-corrected chi connectivity index (χ0v) is 16.8. The molecule has 0 radical (unpaired) electrons. The average Bonchev–Trinajstić information content (AvgIpc) is 3.20. The van der Waals surface area contributed by atoms with Crippen LogP contribution in [0.1, 0.15) is 42.6 Å². The molecule has 0 saturated heterocycles. The van der Waals surface area contributed by atoms with Crippen molar-refractivity contribution in [3.8, 4) is 0 Å². The van der Waals surface area contributed by atoms with E-state index in [2.05, 4.69) is 120 Å². The molecule has 1 heterocycles. The molecule has 27 heavy (non-hydrogen) atoms. The fourth-order valence-corrected chi connectivity index (χ4v) is 4.86. The second kappa shape index (κ2) is 7.98. The van der Waals surface area contributed by atoms with Crippen molar-refractivity contribution in [2.45, 2.75) is 25.9 Å². The molecule has 0 fully saturated rings. The summed E-state index contributed by atoms with van der Waals surface area (Å²) in [5.74, 6) is 0. The van der Waals surface area contributed by atoms with Gasteiger partial charge in [0.05, 0.1) is 26.7 Å². The first kappa shape index (κ1) is 17.8. The lowest BCUT2D eigenvalue weighted by molar-refractivity contribution is 0.464. The number of rotatable bonds is 5. The van der Waals surface area contributed by atoms with Crippen molar-refractivity contribution in [2.24, 2.45) is 0 Å². The molecule has 3 aromatic carbocycles. The van der Waals surface area contributed by atoms with E-state index < -0.39 is 0 Å². The number of benzene rings is 3. The van der Waals surface area contributed by atoms with Crippen molar-refractivity contribution in [2.75, 3.05) is 0 Å². The average molecular weight is 372 g/mol. The first-order valence-electron chi connectivity index (χ1n) is 9.45. The number of nitrogens with zero attached hydrogens (tertiary/aromatic N) is 2. The molecule has 3 heteroatoms. The van der Waals surface area contributed by atoms with E-state index in [1.54, 1.807) is 0 Å². The van der Waals surface area contributed by atoms with Crippen LogP contribution in [0.4, 0.5) is 0 Å². The van der Waals surface area contributed by atoms with Gasteiger partial charge in [-0.1, -0.05) is 91.0 Å². The van der Waals surface area contributed by atoms with Crippen LogP contribution in [-0.2, 0) is 0 Å². The van der Waals surface area contributed by atoms with Gasteiger partial charge < -0.3 is 9.34 Å². The maximum absolute atomic E-state index is 2.53. The third kappa shape index (κ3) is 3.77. The molecular weight excluding hydrogens is 347 g/mol. The molecule has 3 aromatic rings. The first-order chi connectivity index (χ1) is 13.2. The molecule has 0 aliphatic carbocycles. The summed E-state index contributed by atoms with van der Waals surface area (Å²) in [6, 6.07) is 32.9. The summed E-state index contributed by atoms with van der Waals surface area (Å²) in [5.41, 5.74) is 5.27. The summed E-state index contributed by atoms with van der Waals surface area (Å²) in [4.78, 5) is 0. The molecule has 3 atom stereocenters. The molecule has 0 amide bonds. The van der Waals surface area contributed by atoms with Crippen molar-refractivity contribution in [1.29, 1.82) is 0 Å². The van der Waals surface area contributed by atoms with Gasteiger partial charge in [0.2, 0.25) is 0 Å². The van der Waals surface area contributed by atoms with Crippen molar-refractivity contribution in [1.82, 2.24) is 9.34 Å². The number of hydrogen-bond acceptors (Lipinski definition) is 2. The normalized spacial score (nSPS) is 17.0. The van der Waals surface area contributed by atoms with E-state index in [-0.39, 0.29) is 0 Å². The largest absolute Gasteiger partial charge is 0.333 e. The van der Waals surface area contributed by atoms with Gasteiger partial charge in [0.1, 0.15) is 0 Å². The summed E-state index contributed by atoms with van der Waals surface area (Å²) in [6.45, 7) is 4.59. The van der Waals surface area contributed by atoms with E-state index in [9.17, 15) is 0 Å². The monoisotopic (exact) mass is 372 g/mol. The van der Waals surface area contributed by atoms with E-state index in [0.717, 1.165) is 0 Å². The van der Waals surface area contributed by atoms with Crippen molar-refractivity contribution in [3.63, 3.8) is 0 Å². The molecule has 136 valence electrons. The van der Waals surface area contributed by atoms with Crippen molar-refractivity contribution < 1.29 is 0 Å². The third-order valence-corrected chi connectivity index (χ3v) is 6.77. The molecule has 0 aromatic heterocycles. The lowest BCUT2D eigenvalue weighted by Gasteiger charge is -2.32. The Kier molecular flexibility index (Phi) is 5.27. The Morgan fingerprint density at radius 3 is 1.67 bits per heavy atom. The van der Waals surface area contributed by atoms with Gasteiger partial charge in [-0.2, -0.15) is 0 Å². The van der Waals surface area contributed by atoms with E-state index in [1.165, 1.54) is 22.4 Å². The van der Waals surface area contributed by atoms with Crippen LogP contribution >= 0.6 is 8.88 Å². The highest BCUT2D eigenvalue weighted by Crippen LogP contribution is 2.50. The number of hydrogen-bond donors (Lipinski definition) is 0. The zero-order valence-electron chi connectivity index (χ0n) is 15.8. The molecule has 1 unspecified atom stereocenters. The van der Waals surface area contributed by atoms with Crippen molar-refractivity contribution >= 4 is 14.6 Å². The molecule has 0 saturated carbocycles. The maximum atomic E-state index is 2.53. The van der Waals surface area contributed by atoms with Gasteiger partial charge in [-0.05, 0) is 30.5 Å². The van der Waals surface area contributed by atoms with Crippen LogP contribution in [0.5, 0.6) is 0 Å². The van der Waals surface area contributed by atoms with Crippen LogP contribution in [0.2, 0.25) is 0 Å². The molecule has 1 aliphatic heterocycles. The van der Waals surface area contributed by atoms with Crippen LogP contribution < -0.4 is 0 Å². The Bertz CT molecular complexity index is 893. The quantitative estimate of drug-likeness (QED) is 0.464. The lowest BCUT2D eigenvalue weighted by Crippen LogP contribution is -2.17. The standard InChI is InChI=1S/C24H25N2P/c1-19(21-12-6-3-7-13-21)25-18-24(23-16-10-5-11-17-23)26(27-25)20(2)22-14-8-4-9-15-22/h3-20,27H,1-2H3/t19-,20-/m0/s1. The van der Waals surface area contributed by atoms with E-state index >= 15 is 0 Å². The van der Waals surface area contributed by atoms with Crippen LogP contribution in [0.3, 0.4) is 0 Å². The highest BCUT2D eigenvalue weighted by molar-refractivity contribution is 7.33. The minimum atomic E-state index is 0.323. The molecule has 2 nitrogen and oxygen atoms in total. The van der Waals surface area contributed by atoms with E-state index in [4.69, 9.17) is 0 Å². The summed E-state index contributed by atoms with van der Waals surface area (Å²) < 4.78 is 5.00. The van der Waals surface area contributed by atoms with Gasteiger partial charge in [0.25, 0.3) is 0 Å². The van der Waals surface area contributed by atoms with E-state index in [1.807, 2.05) is 0 Å². The second-order valence-electron chi connectivity index (χ2n) is 6.93. The van der Waals surface area contributed by atoms with Gasteiger partial charge in [0, 0.05) is 6.20 Å². The minimum absolute atomic E-state index is 0.323. The molecule has 0 bridgehead atoms. The van der Waals surface area contributed by atoms with Gasteiger partial charge >= 0.3 is 0 Å². The highest BCUT2D eigenvalue weighted by atomic mass is 31.1. The summed E-state index contributed by atoms with van der Waals surface area (Å²) >= 11 is 0. The summed E-state index contributed by atoms with van der Waals surface area (Å²) in [5, 5.41) is 0. The van der Waals surface area contributed by atoms with Crippen LogP contribution in [0, 0.1) is 0 Å². The summed E-state index contributed by atoms with van der Waals surface area (Å²) in [7, 11) is 0.583. The van der Waals surface area contributed by atoms with Gasteiger partial charge in [-0.3, -0.25) is 0 Å². The van der Waals surface area contributed by atoms with E-state index in [0.29, 0.717) is 21.0 Å². The highest BCUT2D eigenvalue weighted by Gasteiger charge is 2.30. The Balaban J connectivity index is 1.68. The SMILES string of the molecule is C[C@@H](c1ccccc1)N1C=C(c2ccccc2)N([C@@H](C)c2ccccc2)P1. The van der Waals surface area contributed by atoms with Gasteiger partial charge in [-0.25, -0.2) is 0 Å². The Morgan fingerprint density at radius 2 is 1.11 bits per heavy atom. The van der Waals surface area contributed by atoms with Crippen LogP contribution in [-0.4, -0.2) is 9.34 Å². The van der Waals surface area contributed by atoms with Gasteiger partial charge in [-0.15, -0.1) is 0 Å². The second-order valence-corrected chi connectivity index (χ2v) is 8.13. The Hall–Kier alpha value is -2.57. The molecule has 1 aliphatic rings. The minimum Gasteiger partial charge on any atom is -0.333 e. The third-order valence-electron chi connectivity index (χ3n) is 5.18. The lowest BCUT2D eigenvalue weighted by atomic mass is 10.1.